The second-order valence-corrected chi connectivity index (χ2v) is 8.43. The van der Waals surface area contributed by atoms with E-state index in [1.807, 2.05) is 43.0 Å². The number of phenolic OH excluding ortho intramolecular Hbond substituents is 1. The van der Waals surface area contributed by atoms with Gasteiger partial charge in [0.25, 0.3) is 5.91 Å². The van der Waals surface area contributed by atoms with Gasteiger partial charge in [-0.3, -0.25) is 9.69 Å². The molecule has 1 heterocycles. The third-order valence-corrected chi connectivity index (χ3v) is 6.39. The molecule has 1 aliphatic heterocycles. The summed E-state index contributed by atoms with van der Waals surface area (Å²) < 4.78 is 0. The summed E-state index contributed by atoms with van der Waals surface area (Å²) in [6.45, 7) is 11.9. The smallest absolute Gasteiger partial charge is 0.253 e. The van der Waals surface area contributed by atoms with Crippen LogP contribution in [0.25, 0.3) is 0 Å². The van der Waals surface area contributed by atoms with Crippen LogP contribution in [0.3, 0.4) is 0 Å². The Labute approximate surface area is 193 Å². The SMILES string of the molecule is CCN(CC)C(=O)c1ccc([C@H](c2cccc(O)c2)N2C[C@@H](C)N(C)C[C@H]2C)cc1.Cl. The number of carbonyl (C=O) groups is 1. The first-order valence-corrected chi connectivity index (χ1v) is 11.0. The molecule has 0 aromatic heterocycles. The molecule has 31 heavy (non-hydrogen) atoms. The highest BCUT2D eigenvalue weighted by molar-refractivity contribution is 5.94. The lowest BCUT2D eigenvalue weighted by Gasteiger charge is -2.46. The summed E-state index contributed by atoms with van der Waals surface area (Å²) in [7, 11) is 2.18. The average molecular weight is 446 g/mol. The molecule has 0 spiro atoms. The molecule has 0 bridgehead atoms. The third kappa shape index (κ3) is 5.59. The van der Waals surface area contributed by atoms with Crippen LogP contribution in [0.15, 0.2) is 48.5 Å². The molecule has 0 aliphatic carbocycles. The molecule has 6 heteroatoms. The van der Waals surface area contributed by atoms with Crippen molar-refractivity contribution in [2.75, 3.05) is 33.2 Å². The Morgan fingerprint density at radius 2 is 1.68 bits per heavy atom. The Morgan fingerprint density at radius 3 is 2.26 bits per heavy atom. The van der Waals surface area contributed by atoms with E-state index in [1.54, 1.807) is 6.07 Å². The second kappa shape index (κ2) is 11.0. The topological polar surface area (TPSA) is 47.0 Å². The Hall–Kier alpha value is -2.08. The van der Waals surface area contributed by atoms with Gasteiger partial charge in [0, 0.05) is 43.8 Å². The molecule has 3 atom stereocenters. The number of nitrogens with zero attached hydrogens (tertiary/aromatic N) is 3. The molecule has 1 aliphatic rings. The molecule has 5 nitrogen and oxygen atoms in total. The summed E-state index contributed by atoms with van der Waals surface area (Å²) in [5, 5.41) is 10.1. The molecule has 1 saturated heterocycles. The molecule has 1 fully saturated rings. The predicted octanol–water partition coefficient (Wildman–Crippen LogP) is 4.41. The zero-order valence-corrected chi connectivity index (χ0v) is 20.1. The van der Waals surface area contributed by atoms with Gasteiger partial charge in [0.05, 0.1) is 6.04 Å². The Bertz CT molecular complexity index is 854. The number of hydrogen-bond acceptors (Lipinski definition) is 4. The Morgan fingerprint density at radius 1 is 1.03 bits per heavy atom. The molecule has 2 aromatic carbocycles. The quantitative estimate of drug-likeness (QED) is 0.715. The number of likely N-dealkylation sites (N-methyl/N-ethyl adjacent to an activating group) is 1. The van der Waals surface area contributed by atoms with Crippen molar-refractivity contribution in [3.63, 3.8) is 0 Å². The van der Waals surface area contributed by atoms with E-state index in [0.717, 1.165) is 29.8 Å². The Balaban J connectivity index is 0.00000341. The molecule has 0 saturated carbocycles. The first kappa shape index (κ1) is 25.2. The highest BCUT2D eigenvalue weighted by Gasteiger charge is 2.33. The van der Waals surface area contributed by atoms with Crippen LogP contribution in [0.2, 0.25) is 0 Å². The minimum Gasteiger partial charge on any atom is -0.508 e. The van der Waals surface area contributed by atoms with E-state index in [-0.39, 0.29) is 30.1 Å². The van der Waals surface area contributed by atoms with Gasteiger partial charge in [-0.2, -0.15) is 0 Å². The molecular formula is C25H36ClN3O2. The van der Waals surface area contributed by atoms with Crippen molar-refractivity contribution in [1.82, 2.24) is 14.7 Å². The lowest BCUT2D eigenvalue weighted by atomic mass is 9.93. The summed E-state index contributed by atoms with van der Waals surface area (Å²) in [5.41, 5.74) is 2.93. The van der Waals surface area contributed by atoms with Crippen molar-refractivity contribution in [3.05, 3.63) is 65.2 Å². The zero-order valence-electron chi connectivity index (χ0n) is 19.3. The lowest BCUT2D eigenvalue weighted by molar-refractivity contribution is 0.0389. The van der Waals surface area contributed by atoms with Gasteiger partial charge in [-0.1, -0.05) is 24.3 Å². The van der Waals surface area contributed by atoms with Gasteiger partial charge in [0.2, 0.25) is 0 Å². The predicted molar refractivity (Wildman–Crippen MR) is 129 cm³/mol. The molecule has 1 amide bonds. The van der Waals surface area contributed by atoms with Crippen LogP contribution in [-0.4, -0.2) is 71.0 Å². The number of phenols is 1. The van der Waals surface area contributed by atoms with E-state index in [0.29, 0.717) is 25.2 Å². The van der Waals surface area contributed by atoms with Crippen LogP contribution in [0.1, 0.15) is 55.2 Å². The lowest BCUT2D eigenvalue weighted by Crippen LogP contribution is -2.55. The van der Waals surface area contributed by atoms with Gasteiger partial charge < -0.3 is 14.9 Å². The number of piperazine rings is 1. The minimum absolute atomic E-state index is 0. The number of halogens is 1. The van der Waals surface area contributed by atoms with Crippen molar-refractivity contribution in [2.24, 2.45) is 0 Å². The van der Waals surface area contributed by atoms with Crippen LogP contribution in [0.4, 0.5) is 0 Å². The van der Waals surface area contributed by atoms with Crippen molar-refractivity contribution >= 4 is 18.3 Å². The maximum absolute atomic E-state index is 12.7. The van der Waals surface area contributed by atoms with E-state index < -0.39 is 0 Å². The van der Waals surface area contributed by atoms with E-state index >= 15 is 0 Å². The van der Waals surface area contributed by atoms with Crippen molar-refractivity contribution < 1.29 is 9.90 Å². The normalized spacial score (nSPS) is 20.7. The van der Waals surface area contributed by atoms with Crippen LogP contribution in [-0.2, 0) is 0 Å². The van der Waals surface area contributed by atoms with Gasteiger partial charge in [-0.15, -0.1) is 12.4 Å². The van der Waals surface area contributed by atoms with Gasteiger partial charge in [0.1, 0.15) is 5.75 Å². The number of carbonyl (C=O) groups excluding carboxylic acids is 1. The number of hydrogen-bond donors (Lipinski definition) is 1. The van der Waals surface area contributed by atoms with Crippen molar-refractivity contribution in [2.45, 2.75) is 45.8 Å². The first-order chi connectivity index (χ1) is 14.3. The standard InChI is InChI=1S/C25H35N3O2.ClH/c1-6-27(7-2)25(30)21-13-11-20(12-14-21)24(22-9-8-10-23(29)15-22)28-17-18(3)26(5)16-19(28)4;/h8-15,18-19,24,29H,6-7,16-17H2,1-5H3;1H/t18-,19-,24-;/m1./s1. The van der Waals surface area contributed by atoms with E-state index in [9.17, 15) is 9.90 Å². The largest absolute Gasteiger partial charge is 0.508 e. The van der Waals surface area contributed by atoms with Gasteiger partial charge in [-0.25, -0.2) is 0 Å². The average Bonchev–Trinajstić information content (AvgIpc) is 2.73. The van der Waals surface area contributed by atoms with E-state index in [1.165, 1.54) is 0 Å². The highest BCUT2D eigenvalue weighted by atomic mass is 35.5. The maximum atomic E-state index is 12.7. The van der Waals surface area contributed by atoms with Crippen molar-refractivity contribution in [1.29, 1.82) is 0 Å². The second-order valence-electron chi connectivity index (χ2n) is 8.43. The highest BCUT2D eigenvalue weighted by Crippen LogP contribution is 2.34. The van der Waals surface area contributed by atoms with Crippen LogP contribution < -0.4 is 0 Å². The first-order valence-electron chi connectivity index (χ1n) is 11.0. The minimum atomic E-state index is 0. The fourth-order valence-electron chi connectivity index (χ4n) is 4.46. The van der Waals surface area contributed by atoms with E-state index in [2.05, 4.69) is 48.9 Å². The van der Waals surface area contributed by atoms with Crippen molar-refractivity contribution in [3.8, 4) is 5.75 Å². The number of amides is 1. The fourth-order valence-corrected chi connectivity index (χ4v) is 4.46. The summed E-state index contributed by atoms with van der Waals surface area (Å²) >= 11 is 0. The monoisotopic (exact) mass is 445 g/mol. The number of benzene rings is 2. The van der Waals surface area contributed by atoms with E-state index in [4.69, 9.17) is 0 Å². The molecule has 0 radical (unpaired) electrons. The summed E-state index contributed by atoms with van der Waals surface area (Å²) in [5.74, 6) is 0.350. The fraction of sp³-hybridized carbons (Fsp3) is 0.480. The molecule has 0 unspecified atom stereocenters. The van der Waals surface area contributed by atoms with Crippen LogP contribution in [0, 0.1) is 0 Å². The molecule has 1 N–H and O–H groups in total. The summed E-state index contributed by atoms with van der Waals surface area (Å²) in [6.07, 6.45) is 0. The molecular weight excluding hydrogens is 410 g/mol. The summed E-state index contributed by atoms with van der Waals surface area (Å²) in [4.78, 5) is 19.5. The third-order valence-electron chi connectivity index (χ3n) is 6.39. The van der Waals surface area contributed by atoms with Gasteiger partial charge in [-0.05, 0) is 70.1 Å². The summed E-state index contributed by atoms with van der Waals surface area (Å²) in [6, 6.07) is 16.4. The molecule has 3 rings (SSSR count). The van der Waals surface area contributed by atoms with Crippen LogP contribution in [0.5, 0.6) is 5.75 Å². The number of aromatic hydroxyl groups is 1. The molecule has 170 valence electrons. The Kier molecular flexibility index (Phi) is 8.92. The van der Waals surface area contributed by atoms with Gasteiger partial charge >= 0.3 is 0 Å². The number of rotatable bonds is 6. The van der Waals surface area contributed by atoms with Gasteiger partial charge in [0.15, 0.2) is 0 Å². The molecule has 2 aromatic rings. The maximum Gasteiger partial charge on any atom is 0.253 e. The van der Waals surface area contributed by atoms with Crippen LogP contribution >= 0.6 is 12.4 Å². The zero-order chi connectivity index (χ0) is 21.8.